The highest BCUT2D eigenvalue weighted by molar-refractivity contribution is 5.26. The van der Waals surface area contributed by atoms with Crippen LogP contribution in [0.25, 0.3) is 0 Å². The van der Waals surface area contributed by atoms with Gasteiger partial charge in [0.15, 0.2) is 0 Å². The molecule has 1 unspecified atom stereocenters. The Kier molecular flexibility index (Phi) is 4.42. The zero-order valence-corrected chi connectivity index (χ0v) is 9.49. The van der Waals surface area contributed by atoms with Gasteiger partial charge in [0.1, 0.15) is 0 Å². The van der Waals surface area contributed by atoms with Crippen molar-refractivity contribution < 1.29 is 5.11 Å². The average molecular weight is 210 g/mol. The number of nitrogens with one attached hydrogen (secondary N) is 1. The molecule has 0 aliphatic rings. The summed E-state index contributed by atoms with van der Waals surface area (Å²) in [5.41, 5.74) is 1.92. The summed E-state index contributed by atoms with van der Waals surface area (Å²) >= 11 is 0. The first-order chi connectivity index (χ1) is 7.21. The number of nitrogens with zero attached hydrogens (tertiary/aromatic N) is 3. The average Bonchev–Trinajstić information content (AvgIpc) is 2.28. The molecule has 1 aromatic rings. The van der Waals surface area contributed by atoms with E-state index >= 15 is 0 Å². The van der Waals surface area contributed by atoms with Crippen LogP contribution in [-0.2, 0) is 12.8 Å². The van der Waals surface area contributed by atoms with E-state index in [1.54, 1.807) is 0 Å². The maximum absolute atomic E-state index is 8.88. The molecule has 0 bridgehead atoms. The molecule has 0 amide bonds. The normalized spacial score (nSPS) is 12.5. The molecular weight excluding hydrogens is 192 g/mol. The number of aliphatic hydroxyl groups is 1. The summed E-state index contributed by atoms with van der Waals surface area (Å²) in [6, 6.07) is -0.0519. The smallest absolute Gasteiger partial charge is 0.243 e. The van der Waals surface area contributed by atoms with Gasteiger partial charge in [-0.15, -0.1) is 5.10 Å². The van der Waals surface area contributed by atoms with Crippen LogP contribution in [0.5, 0.6) is 0 Å². The molecule has 0 saturated heterocycles. The van der Waals surface area contributed by atoms with Crippen LogP contribution in [0.15, 0.2) is 0 Å². The fourth-order valence-corrected chi connectivity index (χ4v) is 1.27. The van der Waals surface area contributed by atoms with Crippen molar-refractivity contribution in [1.82, 2.24) is 15.2 Å². The quantitative estimate of drug-likeness (QED) is 0.751. The van der Waals surface area contributed by atoms with Crippen LogP contribution < -0.4 is 5.32 Å². The first-order valence-electron chi connectivity index (χ1n) is 5.31. The minimum atomic E-state index is -0.0519. The molecule has 0 radical (unpaired) electrons. The molecule has 0 aliphatic carbocycles. The zero-order chi connectivity index (χ0) is 11.3. The lowest BCUT2D eigenvalue weighted by atomic mass is 10.2. The van der Waals surface area contributed by atoms with Crippen LogP contribution in [0.2, 0.25) is 0 Å². The van der Waals surface area contributed by atoms with Crippen molar-refractivity contribution in [3.05, 3.63) is 11.4 Å². The lowest BCUT2D eigenvalue weighted by Crippen LogP contribution is -2.22. The second-order valence-corrected chi connectivity index (χ2v) is 3.46. The van der Waals surface area contributed by atoms with Crippen LogP contribution in [0.1, 0.15) is 32.2 Å². The Labute approximate surface area is 90.0 Å². The number of hydrogen-bond donors (Lipinski definition) is 2. The summed E-state index contributed by atoms with van der Waals surface area (Å²) in [7, 11) is 0. The van der Waals surface area contributed by atoms with Gasteiger partial charge in [0.2, 0.25) is 5.95 Å². The Hall–Kier alpha value is -1.23. The van der Waals surface area contributed by atoms with Crippen molar-refractivity contribution in [2.45, 2.75) is 39.7 Å². The van der Waals surface area contributed by atoms with Crippen molar-refractivity contribution >= 4 is 5.95 Å². The molecule has 1 atom stereocenters. The number of aliphatic hydroxyl groups excluding tert-OH is 1. The topological polar surface area (TPSA) is 70.9 Å². The van der Waals surface area contributed by atoms with E-state index in [9.17, 15) is 0 Å². The number of rotatable bonds is 5. The molecule has 15 heavy (non-hydrogen) atoms. The van der Waals surface area contributed by atoms with Gasteiger partial charge >= 0.3 is 0 Å². The third kappa shape index (κ3) is 3.13. The molecule has 0 fully saturated rings. The van der Waals surface area contributed by atoms with Gasteiger partial charge in [-0.25, -0.2) is 4.98 Å². The van der Waals surface area contributed by atoms with Gasteiger partial charge in [-0.05, 0) is 19.8 Å². The Morgan fingerprint density at radius 1 is 1.20 bits per heavy atom. The van der Waals surface area contributed by atoms with Crippen LogP contribution in [0.3, 0.4) is 0 Å². The second kappa shape index (κ2) is 5.60. The third-order valence-electron chi connectivity index (χ3n) is 2.16. The summed E-state index contributed by atoms with van der Waals surface area (Å²) in [5, 5.41) is 19.9. The molecule has 0 aromatic carbocycles. The molecule has 2 N–H and O–H groups in total. The number of aromatic nitrogens is 3. The van der Waals surface area contributed by atoms with E-state index in [0.717, 1.165) is 24.2 Å². The van der Waals surface area contributed by atoms with Gasteiger partial charge in [0, 0.05) is 6.04 Å². The Morgan fingerprint density at radius 3 is 2.40 bits per heavy atom. The summed E-state index contributed by atoms with van der Waals surface area (Å²) < 4.78 is 0. The van der Waals surface area contributed by atoms with Gasteiger partial charge in [-0.2, -0.15) is 5.10 Å². The van der Waals surface area contributed by atoms with E-state index in [4.69, 9.17) is 5.11 Å². The van der Waals surface area contributed by atoms with Crippen LogP contribution >= 0.6 is 0 Å². The van der Waals surface area contributed by atoms with Crippen LogP contribution in [0.4, 0.5) is 5.95 Å². The van der Waals surface area contributed by atoms with Gasteiger partial charge < -0.3 is 10.4 Å². The summed E-state index contributed by atoms with van der Waals surface area (Å²) in [4.78, 5) is 4.35. The zero-order valence-electron chi connectivity index (χ0n) is 9.49. The van der Waals surface area contributed by atoms with E-state index in [1.807, 2.05) is 20.8 Å². The first-order valence-corrected chi connectivity index (χ1v) is 5.31. The van der Waals surface area contributed by atoms with Crippen LogP contribution in [0, 0.1) is 0 Å². The maximum atomic E-state index is 8.88. The highest BCUT2D eigenvalue weighted by atomic mass is 16.3. The minimum absolute atomic E-state index is 0.0519. The SMILES string of the molecule is CCc1nnc(NC(C)CO)nc1CC. The summed E-state index contributed by atoms with van der Waals surface area (Å²) in [5.74, 6) is 0.491. The van der Waals surface area contributed by atoms with E-state index < -0.39 is 0 Å². The Balaban J connectivity index is 2.83. The Morgan fingerprint density at radius 2 is 1.87 bits per heavy atom. The Bertz CT molecular complexity index is 316. The van der Waals surface area contributed by atoms with Crippen molar-refractivity contribution in [3.8, 4) is 0 Å². The van der Waals surface area contributed by atoms with Crippen molar-refractivity contribution in [2.24, 2.45) is 0 Å². The number of anilines is 1. The lowest BCUT2D eigenvalue weighted by molar-refractivity contribution is 0.281. The fraction of sp³-hybridized carbons (Fsp3) is 0.700. The number of hydrogen-bond acceptors (Lipinski definition) is 5. The predicted octanol–water partition coefficient (Wildman–Crippen LogP) is 0.789. The van der Waals surface area contributed by atoms with E-state index in [0.29, 0.717) is 5.95 Å². The lowest BCUT2D eigenvalue weighted by Gasteiger charge is -2.11. The van der Waals surface area contributed by atoms with Crippen molar-refractivity contribution in [3.63, 3.8) is 0 Å². The third-order valence-corrected chi connectivity index (χ3v) is 2.16. The van der Waals surface area contributed by atoms with Crippen molar-refractivity contribution in [1.29, 1.82) is 0 Å². The monoisotopic (exact) mass is 210 g/mol. The second-order valence-electron chi connectivity index (χ2n) is 3.46. The highest BCUT2D eigenvalue weighted by Gasteiger charge is 2.07. The first kappa shape index (κ1) is 11.8. The molecule has 5 nitrogen and oxygen atoms in total. The molecule has 1 aromatic heterocycles. The molecular formula is C10H18N4O. The molecule has 0 saturated carbocycles. The van der Waals surface area contributed by atoms with Crippen LogP contribution in [-0.4, -0.2) is 32.9 Å². The molecule has 1 rings (SSSR count). The van der Waals surface area contributed by atoms with Gasteiger partial charge in [-0.1, -0.05) is 13.8 Å². The fourth-order valence-electron chi connectivity index (χ4n) is 1.27. The molecule has 84 valence electrons. The maximum Gasteiger partial charge on any atom is 0.243 e. The highest BCUT2D eigenvalue weighted by Crippen LogP contribution is 2.07. The number of aryl methyl sites for hydroxylation is 2. The van der Waals surface area contributed by atoms with E-state index in [-0.39, 0.29) is 12.6 Å². The summed E-state index contributed by atoms with van der Waals surface area (Å²) in [6.07, 6.45) is 1.69. The summed E-state index contributed by atoms with van der Waals surface area (Å²) in [6.45, 7) is 6.00. The van der Waals surface area contributed by atoms with Gasteiger partial charge in [0.25, 0.3) is 0 Å². The van der Waals surface area contributed by atoms with E-state index in [2.05, 4.69) is 20.5 Å². The molecule has 0 spiro atoms. The molecule has 0 aliphatic heterocycles. The molecule has 1 heterocycles. The van der Waals surface area contributed by atoms with Crippen molar-refractivity contribution in [2.75, 3.05) is 11.9 Å². The largest absolute Gasteiger partial charge is 0.394 e. The van der Waals surface area contributed by atoms with Gasteiger partial charge in [-0.3, -0.25) is 0 Å². The minimum Gasteiger partial charge on any atom is -0.394 e. The van der Waals surface area contributed by atoms with E-state index in [1.165, 1.54) is 0 Å². The standard InChI is InChI=1S/C10H18N4O/c1-4-8-9(5-2)13-14-10(12-8)11-7(3)6-15/h7,15H,4-6H2,1-3H3,(H,11,12,14). The predicted molar refractivity (Wildman–Crippen MR) is 58.8 cm³/mol. The van der Waals surface area contributed by atoms with Gasteiger partial charge in [0.05, 0.1) is 18.0 Å². The molecule has 5 heteroatoms.